The van der Waals surface area contributed by atoms with Crippen LogP contribution in [0.5, 0.6) is 0 Å². The van der Waals surface area contributed by atoms with Crippen molar-refractivity contribution < 1.29 is 18.5 Å². The molecule has 0 atom stereocenters. The molecule has 0 spiro atoms. The number of carbonyl (C=O) groups is 1. The van der Waals surface area contributed by atoms with Crippen molar-refractivity contribution >= 4 is 17.4 Å². The van der Waals surface area contributed by atoms with Crippen molar-refractivity contribution in [2.75, 3.05) is 26.0 Å². The molecule has 1 rings (SSSR count). The lowest BCUT2D eigenvalue weighted by Crippen LogP contribution is -2.31. The summed E-state index contributed by atoms with van der Waals surface area (Å²) in [6, 6.07) is 1.16. The van der Waals surface area contributed by atoms with E-state index >= 15 is 0 Å². The lowest BCUT2D eigenvalue weighted by molar-refractivity contribution is -0.385. The molecule has 9 heteroatoms. The minimum Gasteiger partial charge on any atom is -0.373 e. The maximum Gasteiger partial charge on any atom is 0.300 e. The molecule has 1 aromatic rings. The first kappa shape index (κ1) is 14.7. The van der Waals surface area contributed by atoms with Gasteiger partial charge in [-0.2, -0.15) is 0 Å². The number of carbonyl (C=O) groups excluding carboxylic acids is 1. The zero-order valence-corrected chi connectivity index (χ0v) is 10.3. The Bertz CT molecular complexity index is 496. The Kier molecular flexibility index (Phi) is 4.67. The minimum absolute atomic E-state index is 0.236. The number of hydrogen-bond donors (Lipinski definition) is 1. The van der Waals surface area contributed by atoms with Crippen LogP contribution in [0.2, 0.25) is 0 Å². The number of hydrogen-bond acceptors (Lipinski definition) is 5. The van der Waals surface area contributed by atoms with E-state index in [-0.39, 0.29) is 11.4 Å². The van der Waals surface area contributed by atoms with Gasteiger partial charge in [-0.1, -0.05) is 0 Å². The van der Waals surface area contributed by atoms with Crippen LogP contribution < -0.4 is 5.32 Å². The zero-order valence-electron chi connectivity index (χ0n) is 10.3. The van der Waals surface area contributed by atoms with Gasteiger partial charge in [-0.25, -0.2) is 13.8 Å². The van der Waals surface area contributed by atoms with Gasteiger partial charge in [-0.05, 0) is 0 Å². The van der Waals surface area contributed by atoms with Crippen molar-refractivity contribution in [1.82, 2.24) is 9.88 Å². The predicted octanol–water partition coefficient (Wildman–Crippen LogP) is 1.37. The van der Waals surface area contributed by atoms with Gasteiger partial charge in [0.1, 0.15) is 17.6 Å². The van der Waals surface area contributed by atoms with Crippen molar-refractivity contribution in [3.05, 3.63) is 27.9 Å². The van der Waals surface area contributed by atoms with Crippen LogP contribution >= 0.6 is 0 Å². The molecule has 1 amide bonds. The summed E-state index contributed by atoms with van der Waals surface area (Å²) in [6.45, 7) is -0.798. The van der Waals surface area contributed by atoms with Crippen LogP contribution in [-0.4, -0.2) is 47.8 Å². The van der Waals surface area contributed by atoms with E-state index in [1.807, 2.05) is 0 Å². The summed E-state index contributed by atoms with van der Waals surface area (Å²) >= 11 is 0. The van der Waals surface area contributed by atoms with Crippen LogP contribution in [-0.2, 0) is 0 Å². The van der Waals surface area contributed by atoms with Crippen LogP contribution in [0.3, 0.4) is 0 Å². The molecule has 19 heavy (non-hydrogen) atoms. The third-order valence-corrected chi connectivity index (χ3v) is 2.32. The van der Waals surface area contributed by atoms with Gasteiger partial charge in [-0.3, -0.25) is 14.9 Å². The summed E-state index contributed by atoms with van der Waals surface area (Å²) in [5.41, 5.74) is -0.808. The largest absolute Gasteiger partial charge is 0.373 e. The fourth-order valence-corrected chi connectivity index (χ4v) is 1.40. The van der Waals surface area contributed by atoms with Gasteiger partial charge in [-0.15, -0.1) is 0 Å². The first-order chi connectivity index (χ1) is 8.86. The Morgan fingerprint density at radius 2 is 2.26 bits per heavy atom. The third kappa shape index (κ3) is 3.57. The summed E-state index contributed by atoms with van der Waals surface area (Å²) in [6.07, 6.45) is -1.80. The van der Waals surface area contributed by atoms with E-state index in [1.165, 1.54) is 7.05 Å². The van der Waals surface area contributed by atoms with Crippen LogP contribution in [0.1, 0.15) is 10.4 Å². The van der Waals surface area contributed by atoms with Gasteiger partial charge < -0.3 is 10.2 Å². The highest BCUT2D eigenvalue weighted by Crippen LogP contribution is 2.21. The van der Waals surface area contributed by atoms with Crippen molar-refractivity contribution in [3.63, 3.8) is 0 Å². The molecule has 0 bridgehead atoms. The van der Waals surface area contributed by atoms with Crippen molar-refractivity contribution in [3.8, 4) is 0 Å². The molecule has 0 saturated heterocycles. The van der Waals surface area contributed by atoms with E-state index < -0.39 is 29.5 Å². The summed E-state index contributed by atoms with van der Waals surface area (Å²) in [5.74, 6) is -0.620. The normalized spacial score (nSPS) is 10.4. The van der Waals surface area contributed by atoms with Crippen molar-refractivity contribution in [2.45, 2.75) is 6.43 Å². The highest BCUT2D eigenvalue weighted by atomic mass is 19.3. The van der Waals surface area contributed by atoms with E-state index in [2.05, 4.69) is 10.3 Å². The summed E-state index contributed by atoms with van der Waals surface area (Å²) in [4.78, 5) is 26.4. The van der Waals surface area contributed by atoms with Gasteiger partial charge in [0.2, 0.25) is 0 Å². The summed E-state index contributed by atoms with van der Waals surface area (Å²) in [5, 5.41) is 13.4. The van der Waals surface area contributed by atoms with E-state index in [4.69, 9.17) is 0 Å². The monoisotopic (exact) mass is 274 g/mol. The number of halogens is 2. The number of nitrogens with one attached hydrogen (secondary N) is 1. The van der Waals surface area contributed by atoms with Crippen molar-refractivity contribution in [1.29, 1.82) is 0 Å². The number of nitrogens with zero attached hydrogens (tertiary/aromatic N) is 3. The average molecular weight is 274 g/mol. The number of aromatic nitrogens is 1. The molecular formula is C10H12F2N4O3. The predicted molar refractivity (Wildman–Crippen MR) is 63.4 cm³/mol. The maximum absolute atomic E-state index is 12.2. The maximum atomic E-state index is 12.2. The van der Waals surface area contributed by atoms with Gasteiger partial charge in [0.05, 0.1) is 11.5 Å². The molecule has 0 unspecified atom stereocenters. The number of nitro groups is 1. The van der Waals surface area contributed by atoms with E-state index in [9.17, 15) is 23.7 Å². The van der Waals surface area contributed by atoms with E-state index in [0.717, 1.165) is 24.2 Å². The zero-order chi connectivity index (χ0) is 14.6. The SMILES string of the molecule is CNc1cc(C(=O)N(C)CC(F)F)c([N+](=O)[O-])cn1. The molecule has 0 aliphatic rings. The highest BCUT2D eigenvalue weighted by Gasteiger charge is 2.25. The summed E-state index contributed by atoms with van der Waals surface area (Å²) < 4.78 is 24.4. The van der Waals surface area contributed by atoms with Gasteiger partial charge in [0.15, 0.2) is 0 Å². The molecule has 0 aliphatic carbocycles. The number of anilines is 1. The Labute approximate surface area is 107 Å². The molecule has 0 aliphatic heterocycles. The lowest BCUT2D eigenvalue weighted by atomic mass is 10.2. The number of rotatable bonds is 5. The molecule has 1 N–H and O–H groups in total. The molecular weight excluding hydrogens is 262 g/mol. The lowest BCUT2D eigenvalue weighted by Gasteiger charge is -2.16. The van der Waals surface area contributed by atoms with Crippen LogP contribution in [0, 0.1) is 10.1 Å². The molecule has 1 aromatic heterocycles. The minimum atomic E-state index is -2.71. The molecule has 0 radical (unpaired) electrons. The fourth-order valence-electron chi connectivity index (χ4n) is 1.40. The first-order valence-electron chi connectivity index (χ1n) is 5.22. The number of amides is 1. The smallest absolute Gasteiger partial charge is 0.300 e. The molecule has 0 saturated carbocycles. The molecule has 1 heterocycles. The van der Waals surface area contributed by atoms with Crippen molar-refractivity contribution in [2.24, 2.45) is 0 Å². The third-order valence-electron chi connectivity index (χ3n) is 2.32. The second-order valence-electron chi connectivity index (χ2n) is 3.67. The molecule has 0 aromatic carbocycles. The molecule has 0 fully saturated rings. The van der Waals surface area contributed by atoms with Gasteiger partial charge in [0.25, 0.3) is 18.0 Å². The van der Waals surface area contributed by atoms with Crippen LogP contribution in [0.4, 0.5) is 20.3 Å². The standard InChI is InChI=1S/C10H12F2N4O3/c1-13-9-3-6(7(4-14-9)16(18)19)10(17)15(2)5-8(11)12/h3-4,8H,5H2,1-2H3,(H,13,14). The van der Waals surface area contributed by atoms with Gasteiger partial charge >= 0.3 is 0 Å². The van der Waals surface area contributed by atoms with E-state index in [0.29, 0.717) is 0 Å². The fraction of sp³-hybridized carbons (Fsp3) is 0.400. The van der Waals surface area contributed by atoms with E-state index in [1.54, 1.807) is 0 Å². The second-order valence-corrected chi connectivity index (χ2v) is 3.67. The van der Waals surface area contributed by atoms with Crippen LogP contribution in [0.25, 0.3) is 0 Å². The Balaban J connectivity index is 3.15. The Morgan fingerprint density at radius 1 is 1.63 bits per heavy atom. The average Bonchev–Trinajstić information content (AvgIpc) is 2.36. The Hall–Kier alpha value is -2.32. The number of pyridine rings is 1. The summed E-state index contributed by atoms with van der Waals surface area (Å²) in [7, 11) is 2.67. The molecule has 7 nitrogen and oxygen atoms in total. The molecule has 104 valence electrons. The van der Waals surface area contributed by atoms with Gasteiger partial charge in [0, 0.05) is 20.2 Å². The highest BCUT2D eigenvalue weighted by molar-refractivity contribution is 5.98. The first-order valence-corrected chi connectivity index (χ1v) is 5.22. The number of alkyl halides is 2. The van der Waals surface area contributed by atoms with Crippen LogP contribution in [0.15, 0.2) is 12.3 Å². The topological polar surface area (TPSA) is 88.4 Å². The quantitative estimate of drug-likeness (QED) is 0.647. The Morgan fingerprint density at radius 3 is 2.74 bits per heavy atom. The second kappa shape index (κ2) is 6.03.